The van der Waals surface area contributed by atoms with Gasteiger partial charge in [0, 0.05) is 19.9 Å². The third-order valence-electron chi connectivity index (χ3n) is 6.61. The Bertz CT molecular complexity index is 2030. The first-order valence-corrected chi connectivity index (χ1v) is 15.1. The number of H-pyrrole nitrogens is 1. The highest BCUT2D eigenvalue weighted by Crippen LogP contribution is 2.23. The second-order valence-electron chi connectivity index (χ2n) is 10.0. The number of carbonyl (C=O) groups excluding carboxylic acids is 2. The van der Waals surface area contributed by atoms with Crippen LogP contribution in [-0.4, -0.2) is 48.9 Å². The number of benzene rings is 4. The molecule has 15 heteroatoms. The number of alkyl halides is 1. The van der Waals surface area contributed by atoms with E-state index in [-0.39, 0.29) is 33.1 Å². The molecule has 0 saturated carbocycles. The molecule has 0 aliphatic carbocycles. The van der Waals surface area contributed by atoms with Crippen LogP contribution in [0, 0.1) is 11.6 Å². The van der Waals surface area contributed by atoms with Gasteiger partial charge in [-0.15, -0.1) is 10.2 Å². The van der Waals surface area contributed by atoms with E-state index in [4.69, 9.17) is 24.6 Å². The number of halogens is 5. The fraction of sp³-hybridized carbons (Fsp3) is 0.118. The summed E-state index contributed by atoms with van der Waals surface area (Å²) in [6, 6.07) is 28.1. The number of nitrogens with one attached hydrogen (secondary N) is 3. The van der Waals surface area contributed by atoms with Crippen molar-refractivity contribution in [2.24, 2.45) is 7.05 Å². The number of nitrogens with zero attached hydrogens (tertiary/aromatic N) is 5. The predicted octanol–water partition coefficient (Wildman–Crippen LogP) is 7.48. The fourth-order valence-corrected chi connectivity index (χ4v) is 4.62. The fourth-order valence-electron chi connectivity index (χ4n) is 4.27. The van der Waals surface area contributed by atoms with Crippen LogP contribution in [-0.2, 0) is 19.9 Å². The summed E-state index contributed by atoms with van der Waals surface area (Å²) >= 11 is 11.4. The topological polar surface area (TPSA) is 130 Å². The molecular weight excluding hydrogens is 680 g/mol. The maximum atomic E-state index is 13.9. The molecule has 0 aliphatic rings. The smallest absolute Gasteiger partial charge is 0.295 e. The van der Waals surface area contributed by atoms with Gasteiger partial charge in [-0.25, -0.2) is 18.7 Å². The van der Waals surface area contributed by atoms with E-state index in [0.717, 1.165) is 11.1 Å². The third-order valence-corrected chi connectivity index (χ3v) is 7.19. The zero-order valence-electron chi connectivity index (χ0n) is 26.8. The molecule has 4 aromatic carbocycles. The predicted molar refractivity (Wildman–Crippen MR) is 182 cm³/mol. The summed E-state index contributed by atoms with van der Waals surface area (Å²) in [5, 5.41) is 15.4. The van der Waals surface area contributed by atoms with Crippen molar-refractivity contribution in [3.05, 3.63) is 153 Å². The average molecular weight is 711 g/mol. The molecule has 2 amide bonds. The molecule has 0 unspecified atom stereocenters. The second kappa shape index (κ2) is 17.6. The lowest BCUT2D eigenvalue weighted by Crippen LogP contribution is -2.15. The van der Waals surface area contributed by atoms with Gasteiger partial charge in [-0.3, -0.25) is 23.8 Å². The third kappa shape index (κ3) is 9.98. The molecule has 6 rings (SSSR count). The number of aromatic nitrogens is 6. The molecule has 0 radical (unpaired) electrons. The van der Waals surface area contributed by atoms with Crippen molar-refractivity contribution in [1.82, 2.24) is 29.9 Å². The summed E-state index contributed by atoms with van der Waals surface area (Å²) < 4.78 is 44.7. The van der Waals surface area contributed by atoms with Crippen LogP contribution in [0.2, 0.25) is 10.0 Å². The maximum Gasteiger partial charge on any atom is 0.295 e. The number of anilines is 2. The van der Waals surface area contributed by atoms with E-state index in [0.29, 0.717) is 24.5 Å². The number of hydrogen-bond donors (Lipinski definition) is 3. The Morgan fingerprint density at radius 1 is 0.755 bits per heavy atom. The summed E-state index contributed by atoms with van der Waals surface area (Å²) in [6.45, 7) is 0. The van der Waals surface area contributed by atoms with Gasteiger partial charge in [0.15, 0.2) is 11.6 Å². The van der Waals surface area contributed by atoms with Crippen molar-refractivity contribution in [3.8, 4) is 0 Å². The summed E-state index contributed by atoms with van der Waals surface area (Å²) in [6.07, 6.45) is 1.07. The van der Waals surface area contributed by atoms with Crippen molar-refractivity contribution in [1.29, 1.82) is 0 Å². The first-order valence-electron chi connectivity index (χ1n) is 15.0. The molecule has 0 fully saturated rings. The van der Waals surface area contributed by atoms with E-state index in [1.54, 1.807) is 19.2 Å². The minimum absolute atomic E-state index is 0.00966. The molecule has 0 spiro atoms. The minimum atomic E-state index is -1.00. The van der Waals surface area contributed by atoms with Gasteiger partial charge in [-0.2, -0.15) is 0 Å². The zero-order valence-corrected chi connectivity index (χ0v) is 27.3. The Hall–Kier alpha value is -5.53. The highest BCUT2D eigenvalue weighted by atomic mass is 35.5. The van der Waals surface area contributed by atoms with Gasteiger partial charge >= 0.3 is 0 Å². The van der Waals surface area contributed by atoms with Crippen LogP contribution in [0.1, 0.15) is 45.4 Å². The van der Waals surface area contributed by atoms with Crippen LogP contribution in [0.3, 0.4) is 0 Å². The number of hydrogen-bond acceptors (Lipinski definition) is 6. The molecule has 10 nitrogen and oxygen atoms in total. The Kier molecular flexibility index (Phi) is 12.5. The van der Waals surface area contributed by atoms with Gasteiger partial charge in [-0.1, -0.05) is 96.0 Å². The molecule has 252 valence electrons. The number of aromatic amines is 1. The Morgan fingerprint density at radius 3 is 1.78 bits per heavy atom. The monoisotopic (exact) mass is 709 g/mol. The molecule has 49 heavy (non-hydrogen) atoms. The highest BCUT2D eigenvalue weighted by Gasteiger charge is 2.18. The zero-order chi connectivity index (χ0) is 36.0. The SMILES string of the molecule is Cn1nc(C(=O)Nc2cccc(Cl)c2F)nc1Cc1ccccc1.O=C(Nc1cccc(Cl)c1F)c1n[nH]c(Cc2ccccc2)n1.[2H]CF. The lowest BCUT2D eigenvalue weighted by molar-refractivity contribution is 0.100. The van der Waals surface area contributed by atoms with Gasteiger partial charge in [0.1, 0.15) is 11.6 Å². The van der Waals surface area contributed by atoms with Gasteiger partial charge in [0.2, 0.25) is 11.6 Å². The normalized spacial score (nSPS) is 10.5. The molecular formula is C34H29Cl2F3N8O2. The standard InChI is InChI=1S/C17H14ClFN4O.C16H12ClFN4O.CH3F/c1-23-14(10-11-6-3-2-4-7-11)21-16(22-23)17(24)20-13-9-5-8-12(18)15(13)19;17-11-7-4-8-12(14(11)18)19-16(23)15-20-13(21-22-15)9-10-5-2-1-3-6-10;1-2/h2-9H,10H2,1H3,(H,20,24);1-8H,9H2,(H,19,23)(H,20,21,22);1H3/i;;1D. The van der Waals surface area contributed by atoms with Crippen LogP contribution in [0.5, 0.6) is 0 Å². The van der Waals surface area contributed by atoms with Crippen LogP contribution in [0.4, 0.5) is 24.5 Å². The molecule has 0 bridgehead atoms. The van der Waals surface area contributed by atoms with E-state index in [1.807, 2.05) is 60.7 Å². The maximum absolute atomic E-state index is 13.9. The molecule has 0 aliphatic heterocycles. The van der Waals surface area contributed by atoms with Crippen molar-refractivity contribution >= 4 is 46.4 Å². The molecule has 2 aromatic heterocycles. The largest absolute Gasteiger partial charge is 0.317 e. The molecule has 2 heterocycles. The van der Waals surface area contributed by atoms with Crippen molar-refractivity contribution < 1.29 is 24.1 Å². The Morgan fingerprint density at radius 2 is 1.24 bits per heavy atom. The van der Waals surface area contributed by atoms with Gasteiger partial charge in [0.05, 0.1) is 29.9 Å². The lowest BCUT2D eigenvalue weighted by atomic mass is 10.1. The first kappa shape index (κ1) is 34.8. The quantitative estimate of drug-likeness (QED) is 0.150. The summed E-state index contributed by atoms with van der Waals surface area (Å²) in [5.74, 6) is -1.48. The van der Waals surface area contributed by atoms with Crippen LogP contribution < -0.4 is 10.6 Å². The van der Waals surface area contributed by atoms with Crippen LogP contribution in [0.25, 0.3) is 0 Å². The Labute approximate surface area is 290 Å². The molecule has 0 atom stereocenters. The Balaban J connectivity index is 0.000000209. The summed E-state index contributed by atoms with van der Waals surface area (Å²) in [5.41, 5.74) is 2.07. The highest BCUT2D eigenvalue weighted by molar-refractivity contribution is 6.31. The van der Waals surface area contributed by atoms with E-state index in [2.05, 4.69) is 35.9 Å². The molecule has 0 saturated heterocycles. The number of carbonyl (C=O) groups is 2. The van der Waals surface area contributed by atoms with Gasteiger partial charge in [-0.05, 0) is 35.4 Å². The number of rotatable bonds is 8. The summed E-state index contributed by atoms with van der Waals surface area (Å²) in [4.78, 5) is 32.7. The van der Waals surface area contributed by atoms with Crippen molar-refractivity contribution in [2.45, 2.75) is 12.8 Å². The van der Waals surface area contributed by atoms with Gasteiger partial charge in [0.25, 0.3) is 11.8 Å². The van der Waals surface area contributed by atoms with Crippen molar-refractivity contribution in [2.75, 3.05) is 17.8 Å². The van der Waals surface area contributed by atoms with Gasteiger partial charge < -0.3 is 10.6 Å². The van der Waals surface area contributed by atoms with Crippen LogP contribution >= 0.6 is 23.2 Å². The first-order chi connectivity index (χ1) is 24.1. The van der Waals surface area contributed by atoms with Crippen LogP contribution in [0.15, 0.2) is 97.1 Å². The number of amides is 2. The minimum Gasteiger partial charge on any atom is -0.317 e. The van der Waals surface area contributed by atoms with E-state index < -0.39 is 30.6 Å². The molecule has 6 aromatic rings. The molecule has 3 N–H and O–H groups in total. The number of aryl methyl sites for hydroxylation is 1. The van der Waals surface area contributed by atoms with E-state index in [9.17, 15) is 22.8 Å². The lowest BCUT2D eigenvalue weighted by Gasteiger charge is -2.04. The van der Waals surface area contributed by atoms with E-state index in [1.165, 1.54) is 28.9 Å². The van der Waals surface area contributed by atoms with E-state index >= 15 is 0 Å². The average Bonchev–Trinajstić information content (AvgIpc) is 3.73. The second-order valence-corrected chi connectivity index (χ2v) is 10.8. The summed E-state index contributed by atoms with van der Waals surface area (Å²) in [7, 11) is 0.710. The van der Waals surface area contributed by atoms with Crippen molar-refractivity contribution in [3.63, 3.8) is 0 Å².